The molecule has 0 saturated heterocycles. The molecule has 0 aliphatic heterocycles. The van der Waals surface area contributed by atoms with Crippen LogP contribution in [-0.4, -0.2) is 12.5 Å². The number of carbonyl (C=O) groups excluding carboxylic acids is 1. The first-order chi connectivity index (χ1) is 10.5. The highest BCUT2D eigenvalue weighted by Gasteiger charge is 2.12. The lowest BCUT2D eigenvalue weighted by Crippen LogP contribution is -2.31. The van der Waals surface area contributed by atoms with Gasteiger partial charge in [-0.25, -0.2) is 0 Å². The summed E-state index contributed by atoms with van der Waals surface area (Å²) in [5, 5.41) is 4.17. The Morgan fingerprint density at radius 1 is 1.14 bits per heavy atom. The monoisotopic (exact) mass is 357 g/mol. The van der Waals surface area contributed by atoms with Gasteiger partial charge in [-0.2, -0.15) is 0 Å². The Labute approximate surface area is 144 Å². The molecule has 0 aromatic heterocycles. The molecule has 6 heteroatoms. The van der Waals surface area contributed by atoms with Crippen molar-refractivity contribution in [2.75, 3.05) is 6.61 Å². The van der Waals surface area contributed by atoms with Gasteiger partial charge < -0.3 is 10.1 Å². The van der Waals surface area contributed by atoms with Gasteiger partial charge in [-0.3, -0.25) is 4.79 Å². The quantitative estimate of drug-likeness (QED) is 0.825. The first kappa shape index (κ1) is 16.9. The number of hydrogen-bond acceptors (Lipinski definition) is 2. The van der Waals surface area contributed by atoms with E-state index in [4.69, 9.17) is 39.5 Å². The van der Waals surface area contributed by atoms with Crippen molar-refractivity contribution in [2.45, 2.75) is 13.0 Å². The maximum Gasteiger partial charge on any atom is 0.258 e. The molecular weight excluding hydrogens is 345 g/mol. The summed E-state index contributed by atoms with van der Waals surface area (Å²) in [7, 11) is 0. The summed E-state index contributed by atoms with van der Waals surface area (Å²) in [6.45, 7) is 1.74. The van der Waals surface area contributed by atoms with Crippen LogP contribution in [0, 0.1) is 0 Å². The Kier molecular flexibility index (Phi) is 5.95. The Morgan fingerprint density at radius 3 is 2.50 bits per heavy atom. The van der Waals surface area contributed by atoms with Crippen LogP contribution >= 0.6 is 34.8 Å². The van der Waals surface area contributed by atoms with Crippen LogP contribution in [0.3, 0.4) is 0 Å². The number of hydrogen-bond donors (Lipinski definition) is 1. The lowest BCUT2D eigenvalue weighted by molar-refractivity contribution is -0.123. The Bertz CT molecular complexity index is 659. The normalized spacial score (nSPS) is 11.8. The van der Waals surface area contributed by atoms with E-state index in [1.54, 1.807) is 30.3 Å². The summed E-state index contributed by atoms with van der Waals surface area (Å²) < 4.78 is 5.39. The zero-order valence-electron chi connectivity index (χ0n) is 11.8. The van der Waals surface area contributed by atoms with Crippen molar-refractivity contribution in [1.82, 2.24) is 5.32 Å². The fraction of sp³-hybridized carbons (Fsp3) is 0.188. The van der Waals surface area contributed by atoms with Gasteiger partial charge in [-0.05, 0) is 36.8 Å². The van der Waals surface area contributed by atoms with Crippen LogP contribution in [0.1, 0.15) is 18.5 Å². The predicted molar refractivity (Wildman–Crippen MR) is 90.0 cm³/mol. The minimum absolute atomic E-state index is 0.141. The molecule has 22 heavy (non-hydrogen) atoms. The molecule has 0 spiro atoms. The number of nitrogens with one attached hydrogen (secondary N) is 1. The number of carbonyl (C=O) groups is 1. The average Bonchev–Trinajstić information content (AvgIpc) is 2.49. The zero-order valence-corrected chi connectivity index (χ0v) is 14.0. The summed E-state index contributed by atoms with van der Waals surface area (Å²) in [6.07, 6.45) is 0. The summed E-state index contributed by atoms with van der Waals surface area (Å²) in [4.78, 5) is 11.9. The predicted octanol–water partition coefficient (Wildman–Crippen LogP) is 4.90. The summed E-state index contributed by atoms with van der Waals surface area (Å²) >= 11 is 17.7. The molecule has 1 N–H and O–H groups in total. The van der Waals surface area contributed by atoms with Crippen LogP contribution in [0.5, 0.6) is 5.75 Å². The molecule has 116 valence electrons. The lowest BCUT2D eigenvalue weighted by Gasteiger charge is -2.15. The molecule has 0 bridgehead atoms. The number of amides is 1. The van der Waals surface area contributed by atoms with Crippen LogP contribution in [0.15, 0.2) is 42.5 Å². The van der Waals surface area contributed by atoms with Crippen molar-refractivity contribution >= 4 is 40.7 Å². The van der Waals surface area contributed by atoms with E-state index >= 15 is 0 Å². The molecule has 2 aromatic rings. The van der Waals surface area contributed by atoms with Crippen molar-refractivity contribution in [3.63, 3.8) is 0 Å². The molecule has 0 radical (unpaired) electrons. The lowest BCUT2D eigenvalue weighted by atomic mass is 10.1. The third kappa shape index (κ3) is 4.54. The van der Waals surface area contributed by atoms with Crippen molar-refractivity contribution < 1.29 is 9.53 Å². The van der Waals surface area contributed by atoms with Crippen molar-refractivity contribution in [1.29, 1.82) is 0 Å². The SMILES string of the molecule is CC(NC(=O)COc1cccc(Cl)c1Cl)c1ccc(Cl)cc1. The number of ether oxygens (including phenoxy) is 1. The maximum absolute atomic E-state index is 11.9. The van der Waals surface area contributed by atoms with E-state index in [1.807, 2.05) is 19.1 Å². The Morgan fingerprint density at radius 2 is 1.82 bits per heavy atom. The van der Waals surface area contributed by atoms with Crippen molar-refractivity contribution in [2.24, 2.45) is 0 Å². The highest BCUT2D eigenvalue weighted by molar-refractivity contribution is 6.42. The second-order valence-corrected chi connectivity index (χ2v) is 5.90. The standard InChI is InChI=1S/C16H14Cl3NO2/c1-10(11-5-7-12(17)8-6-11)20-15(21)9-22-14-4-2-3-13(18)16(14)19/h2-8,10H,9H2,1H3,(H,20,21). The summed E-state index contributed by atoms with van der Waals surface area (Å²) in [6, 6.07) is 12.2. The van der Waals surface area contributed by atoms with E-state index in [-0.39, 0.29) is 18.6 Å². The second kappa shape index (κ2) is 7.73. The number of rotatable bonds is 5. The van der Waals surface area contributed by atoms with Crippen molar-refractivity contribution in [3.8, 4) is 5.75 Å². The van der Waals surface area contributed by atoms with E-state index < -0.39 is 0 Å². The zero-order chi connectivity index (χ0) is 16.1. The van der Waals surface area contributed by atoms with Gasteiger partial charge in [0, 0.05) is 5.02 Å². The van der Waals surface area contributed by atoms with Gasteiger partial charge >= 0.3 is 0 Å². The topological polar surface area (TPSA) is 38.3 Å². The van der Waals surface area contributed by atoms with Gasteiger partial charge in [0.25, 0.3) is 5.91 Å². The Balaban J connectivity index is 1.90. The average molecular weight is 359 g/mol. The van der Waals surface area contributed by atoms with Gasteiger partial charge in [-0.1, -0.05) is 53.0 Å². The van der Waals surface area contributed by atoms with Crippen LogP contribution in [0.25, 0.3) is 0 Å². The molecular formula is C16H14Cl3NO2. The molecule has 0 aliphatic carbocycles. The van der Waals surface area contributed by atoms with Gasteiger partial charge in [-0.15, -0.1) is 0 Å². The molecule has 0 saturated carbocycles. The molecule has 0 fully saturated rings. The van der Waals surface area contributed by atoms with Gasteiger partial charge in [0.05, 0.1) is 11.1 Å². The Hall–Kier alpha value is -1.42. The van der Waals surface area contributed by atoms with Gasteiger partial charge in [0.2, 0.25) is 0 Å². The summed E-state index contributed by atoms with van der Waals surface area (Å²) in [5.41, 5.74) is 0.957. The minimum Gasteiger partial charge on any atom is -0.482 e. The third-order valence-corrected chi connectivity index (χ3v) is 4.08. The molecule has 3 nitrogen and oxygen atoms in total. The van der Waals surface area contributed by atoms with E-state index in [0.717, 1.165) is 5.56 Å². The van der Waals surface area contributed by atoms with E-state index in [0.29, 0.717) is 20.8 Å². The van der Waals surface area contributed by atoms with E-state index in [2.05, 4.69) is 5.32 Å². The van der Waals surface area contributed by atoms with Gasteiger partial charge in [0.1, 0.15) is 10.8 Å². The number of benzene rings is 2. The van der Waals surface area contributed by atoms with Crippen molar-refractivity contribution in [3.05, 3.63) is 63.1 Å². The molecule has 2 aromatic carbocycles. The first-order valence-electron chi connectivity index (χ1n) is 6.59. The van der Waals surface area contributed by atoms with Crippen LogP contribution < -0.4 is 10.1 Å². The third-order valence-electron chi connectivity index (χ3n) is 3.02. The fourth-order valence-corrected chi connectivity index (χ4v) is 2.33. The summed E-state index contributed by atoms with van der Waals surface area (Å²) in [5.74, 6) is 0.127. The molecule has 0 heterocycles. The first-order valence-corrected chi connectivity index (χ1v) is 7.72. The van der Waals surface area contributed by atoms with Crippen LogP contribution in [-0.2, 0) is 4.79 Å². The molecule has 1 amide bonds. The van der Waals surface area contributed by atoms with Crippen LogP contribution in [0.4, 0.5) is 0 Å². The molecule has 2 rings (SSSR count). The van der Waals surface area contributed by atoms with E-state index in [1.165, 1.54) is 0 Å². The molecule has 0 aliphatic rings. The minimum atomic E-state index is -0.251. The highest BCUT2D eigenvalue weighted by atomic mass is 35.5. The maximum atomic E-state index is 11.9. The number of halogens is 3. The highest BCUT2D eigenvalue weighted by Crippen LogP contribution is 2.31. The van der Waals surface area contributed by atoms with E-state index in [9.17, 15) is 4.79 Å². The molecule has 1 atom stereocenters. The largest absolute Gasteiger partial charge is 0.482 e. The van der Waals surface area contributed by atoms with Crippen LogP contribution in [0.2, 0.25) is 15.1 Å². The van der Waals surface area contributed by atoms with Gasteiger partial charge in [0.15, 0.2) is 6.61 Å². The second-order valence-electron chi connectivity index (χ2n) is 4.68. The molecule has 1 unspecified atom stereocenters. The smallest absolute Gasteiger partial charge is 0.258 e. The fourth-order valence-electron chi connectivity index (χ4n) is 1.86.